The topological polar surface area (TPSA) is 116 Å². The lowest BCUT2D eigenvalue weighted by Gasteiger charge is -2.19. The molecule has 0 amide bonds. The van der Waals surface area contributed by atoms with Crippen molar-refractivity contribution >= 4 is 52.1 Å². The number of hydrogen-bond acceptors (Lipinski definition) is 9. The minimum Gasteiger partial charge on any atom is -0.490 e. The summed E-state index contributed by atoms with van der Waals surface area (Å²) in [6.45, 7) is 17.3. The average molecular weight is 1540 g/mol. The van der Waals surface area contributed by atoms with E-state index in [0.29, 0.717) is 74.1 Å². The zero-order valence-corrected chi connectivity index (χ0v) is 72.3. The molecule has 11 heteroatoms. The predicted molar refractivity (Wildman–Crippen MR) is 485 cm³/mol. The molecule has 113 heavy (non-hydrogen) atoms. The Bertz CT molecular complexity index is 3700. The lowest BCUT2D eigenvalue weighted by molar-refractivity contribution is 0.234. The molecule has 0 spiro atoms. The molecule has 8 bridgehead atoms. The largest absolute Gasteiger partial charge is 0.490 e. The molecule has 3 aromatic heterocycles. The SMILES string of the molecule is CCCCCCCCCCOc1cc(-c2c3nc(c(C#Cc4ccc(N(C)C)cc4)c4ccc([nH]4)c(-c4cc(OCCCCCCCCCC)c(OCCCCCCCCCC)c(OCCCCCCCCCC)c4)c4nc(cc5ccc2[nH]5)C=C4)C=C3)cc(OCCCCCCCCCC)c1OCCCCCCCCCC. The Hall–Kier alpha value is -7.58. The average Bonchev–Trinajstić information content (AvgIpc) is 1.62. The molecule has 2 aliphatic rings. The van der Waals surface area contributed by atoms with Crippen LogP contribution < -0.4 is 33.3 Å². The van der Waals surface area contributed by atoms with E-state index < -0.39 is 0 Å². The second kappa shape index (κ2) is 55.8. The van der Waals surface area contributed by atoms with Gasteiger partial charge in [0.05, 0.1) is 73.5 Å². The molecule has 0 saturated heterocycles. The zero-order chi connectivity index (χ0) is 79.4. The quantitative estimate of drug-likeness (QED) is 0.0284. The summed E-state index contributed by atoms with van der Waals surface area (Å²) < 4.78 is 42.2. The molecule has 6 aromatic rings. The van der Waals surface area contributed by atoms with E-state index in [1.54, 1.807) is 0 Å². The molecule has 0 saturated carbocycles. The Morgan fingerprint density at radius 2 is 0.602 bits per heavy atom. The number of unbranched alkanes of at least 4 members (excludes halogenated alkanes) is 42. The van der Waals surface area contributed by atoms with Gasteiger partial charge < -0.3 is 43.3 Å². The van der Waals surface area contributed by atoms with Gasteiger partial charge in [-0.15, -0.1) is 0 Å². The van der Waals surface area contributed by atoms with E-state index in [1.807, 2.05) is 0 Å². The molecule has 2 N–H and O–H groups in total. The highest BCUT2D eigenvalue weighted by atomic mass is 16.5. The second-order valence-electron chi connectivity index (χ2n) is 32.6. The van der Waals surface area contributed by atoms with E-state index in [4.69, 9.17) is 38.4 Å². The number of ether oxygens (including phenoxy) is 6. The number of nitrogens with zero attached hydrogens (tertiary/aromatic N) is 3. The van der Waals surface area contributed by atoms with E-state index in [0.717, 1.165) is 161 Å². The van der Waals surface area contributed by atoms with Crippen molar-refractivity contribution in [1.82, 2.24) is 19.9 Å². The highest BCUT2D eigenvalue weighted by molar-refractivity contribution is 5.95. The first kappa shape index (κ1) is 91.0. The second-order valence-corrected chi connectivity index (χ2v) is 32.6. The summed E-state index contributed by atoms with van der Waals surface area (Å²) in [6.07, 6.45) is 67.2. The van der Waals surface area contributed by atoms with Gasteiger partial charge in [-0.2, -0.15) is 0 Å². The molecule has 5 heterocycles. The maximum absolute atomic E-state index is 7.06. The maximum Gasteiger partial charge on any atom is 0.203 e. The number of benzene rings is 3. The van der Waals surface area contributed by atoms with Crippen molar-refractivity contribution in [2.45, 2.75) is 350 Å². The number of nitrogens with one attached hydrogen (secondary N) is 2. The first-order chi connectivity index (χ1) is 55.7. The maximum atomic E-state index is 7.06. The fraction of sp³-hybridized carbons (Fsp3) is 0.608. The molecule has 620 valence electrons. The summed E-state index contributed by atoms with van der Waals surface area (Å²) in [7, 11) is 4.14. The highest BCUT2D eigenvalue weighted by Gasteiger charge is 2.24. The smallest absolute Gasteiger partial charge is 0.203 e. The lowest BCUT2D eigenvalue weighted by atomic mass is 10.0. The van der Waals surface area contributed by atoms with E-state index >= 15 is 0 Å². The molecule has 0 fully saturated rings. The molecule has 0 aliphatic carbocycles. The van der Waals surface area contributed by atoms with Crippen molar-refractivity contribution < 1.29 is 28.4 Å². The van der Waals surface area contributed by atoms with Crippen LogP contribution in [0.5, 0.6) is 34.5 Å². The van der Waals surface area contributed by atoms with Gasteiger partial charge in [-0.05, 0) is 153 Å². The number of anilines is 1. The zero-order valence-electron chi connectivity index (χ0n) is 72.3. The van der Waals surface area contributed by atoms with Gasteiger partial charge in [-0.25, -0.2) is 9.97 Å². The van der Waals surface area contributed by atoms with Gasteiger partial charge in [0, 0.05) is 53.0 Å². The van der Waals surface area contributed by atoms with Gasteiger partial charge in [0.2, 0.25) is 11.5 Å². The van der Waals surface area contributed by atoms with Crippen LogP contribution in [0, 0.1) is 11.8 Å². The minimum absolute atomic E-state index is 0.586. The monoisotopic (exact) mass is 1540 g/mol. The van der Waals surface area contributed by atoms with Crippen molar-refractivity contribution in [3.05, 3.63) is 113 Å². The van der Waals surface area contributed by atoms with Gasteiger partial charge >= 0.3 is 0 Å². The molecule has 3 aromatic carbocycles. The van der Waals surface area contributed by atoms with E-state index in [9.17, 15) is 0 Å². The first-order valence-electron chi connectivity index (χ1n) is 46.3. The fourth-order valence-corrected chi connectivity index (χ4v) is 15.5. The third kappa shape index (κ3) is 33.3. The Morgan fingerprint density at radius 3 is 0.973 bits per heavy atom. The summed E-state index contributed by atoms with van der Waals surface area (Å²) in [5, 5.41) is 0. The van der Waals surface area contributed by atoms with Crippen molar-refractivity contribution in [1.29, 1.82) is 0 Å². The van der Waals surface area contributed by atoms with E-state index in [-0.39, 0.29) is 0 Å². The van der Waals surface area contributed by atoms with Crippen molar-refractivity contribution in [2.75, 3.05) is 58.6 Å². The third-order valence-corrected chi connectivity index (χ3v) is 22.4. The van der Waals surface area contributed by atoms with Crippen LogP contribution in [0.1, 0.15) is 384 Å². The normalized spacial score (nSPS) is 11.7. The first-order valence-corrected chi connectivity index (χ1v) is 46.3. The molecular formula is C102H151N5O6. The van der Waals surface area contributed by atoms with Gasteiger partial charge in [-0.3, -0.25) is 0 Å². The molecule has 2 aliphatic heterocycles. The van der Waals surface area contributed by atoms with Crippen LogP contribution in [0.25, 0.3) is 68.6 Å². The van der Waals surface area contributed by atoms with Crippen molar-refractivity contribution in [3.8, 4) is 68.6 Å². The summed E-state index contributed by atoms with van der Waals surface area (Å²) in [4.78, 5) is 21.3. The number of aromatic amines is 2. The van der Waals surface area contributed by atoms with Gasteiger partial charge in [-0.1, -0.05) is 323 Å². The van der Waals surface area contributed by atoms with E-state index in [2.05, 4.69) is 186 Å². The molecule has 0 atom stereocenters. The summed E-state index contributed by atoms with van der Waals surface area (Å²) in [5.41, 5.74) is 13.2. The summed E-state index contributed by atoms with van der Waals surface area (Å²) in [6, 6.07) is 28.1. The summed E-state index contributed by atoms with van der Waals surface area (Å²) in [5.74, 6) is 11.6. The van der Waals surface area contributed by atoms with Gasteiger partial charge in [0.25, 0.3) is 0 Å². The molecule has 11 nitrogen and oxygen atoms in total. The third-order valence-electron chi connectivity index (χ3n) is 22.4. The van der Waals surface area contributed by atoms with E-state index in [1.165, 1.54) is 231 Å². The Kier molecular flexibility index (Phi) is 44.9. The number of rotatable bonds is 63. The van der Waals surface area contributed by atoms with Crippen LogP contribution in [0.3, 0.4) is 0 Å². The number of hydrogen-bond donors (Lipinski definition) is 2. The molecule has 8 rings (SSSR count). The fourth-order valence-electron chi connectivity index (χ4n) is 15.5. The summed E-state index contributed by atoms with van der Waals surface area (Å²) >= 11 is 0. The van der Waals surface area contributed by atoms with Gasteiger partial charge in [0.15, 0.2) is 23.0 Å². The number of fused-ring (bicyclic) bond motifs is 8. The number of H-pyrrole nitrogens is 2. The Morgan fingerprint density at radius 1 is 0.292 bits per heavy atom. The standard InChI is InChI=1S/C102H151N5O6/c1-9-15-21-27-33-39-45-51-71-108-95-77-83(78-96(109-72-52-46-40-34-28-22-16-10-2)101(95)112-75-55-49-43-37-31-25-19-13-5)99-91-65-60-85(103-91)81-86-61-66-92(104-86)100(94-70-68-90(106-94)88(89-67-69-93(99)105-89)64-59-82-57-62-87(63-58-82)107(7)8)84-79-97(110-73-53-47-41-35-29-23-17-11-3)102(113-76-56-50-44-38-32-26-20-14-6)98(80-84)111-74-54-48-42-36-30-24-18-12-4/h57-58,60-63,65-70,77-81,103,106H,9-56,71-76H2,1-8H3. The van der Waals surface area contributed by atoms with Crippen molar-refractivity contribution in [3.63, 3.8) is 0 Å². The molecule has 0 radical (unpaired) electrons. The van der Waals surface area contributed by atoms with Crippen LogP contribution in [-0.4, -0.2) is 73.7 Å². The minimum atomic E-state index is 0.586. The Balaban J connectivity index is 1.29. The molecule has 0 unspecified atom stereocenters. The van der Waals surface area contributed by atoms with Crippen LogP contribution in [0.15, 0.2) is 78.9 Å². The van der Waals surface area contributed by atoms with Crippen LogP contribution in [0.4, 0.5) is 5.69 Å². The predicted octanol–water partition coefficient (Wildman–Crippen LogP) is 30.6. The number of aromatic nitrogens is 4. The lowest BCUT2D eigenvalue weighted by Crippen LogP contribution is -2.07. The highest BCUT2D eigenvalue weighted by Crippen LogP contribution is 2.47. The van der Waals surface area contributed by atoms with Crippen molar-refractivity contribution in [2.24, 2.45) is 0 Å². The van der Waals surface area contributed by atoms with Gasteiger partial charge in [0.1, 0.15) is 0 Å². The Labute approximate surface area is 686 Å². The molecular weight excluding hydrogens is 1390 g/mol. The van der Waals surface area contributed by atoms with Crippen LogP contribution >= 0.6 is 0 Å². The van der Waals surface area contributed by atoms with Crippen LogP contribution in [0.2, 0.25) is 0 Å². The van der Waals surface area contributed by atoms with Crippen LogP contribution in [-0.2, 0) is 0 Å².